The van der Waals surface area contributed by atoms with Gasteiger partial charge in [-0.3, -0.25) is 0 Å². The average Bonchev–Trinajstić information content (AvgIpc) is 2.07. The van der Waals surface area contributed by atoms with E-state index in [1.165, 1.54) is 0 Å². The van der Waals surface area contributed by atoms with E-state index in [2.05, 4.69) is 18.2 Å². The summed E-state index contributed by atoms with van der Waals surface area (Å²) in [6.07, 6.45) is 7.63. The normalized spacial score (nSPS) is 15.2. The molecule has 0 fully saturated rings. The minimum Gasteiger partial charge on any atom is -0.376 e. The first-order chi connectivity index (χ1) is 5.79. The predicted octanol–water partition coefficient (Wildman–Crippen LogP) is 1.41. The molecule has 0 aromatic heterocycles. The third-order valence-corrected chi connectivity index (χ3v) is 1.82. The van der Waals surface area contributed by atoms with Crippen LogP contribution in [0.25, 0.3) is 0 Å². The van der Waals surface area contributed by atoms with Crippen LogP contribution >= 0.6 is 0 Å². The van der Waals surface area contributed by atoms with Gasteiger partial charge in [-0.05, 0) is 20.4 Å². The standard InChI is InChI=1S/C10H19NO/c1-5-8-10(12-7-3)9(6-2)11-4/h2,9-11H,5,7-8H2,1,3-4H3. The Kier molecular flexibility index (Phi) is 6.84. The Bertz CT molecular complexity index is 133. The second kappa shape index (κ2) is 7.15. The molecule has 0 saturated heterocycles. The predicted molar refractivity (Wildman–Crippen MR) is 52.0 cm³/mol. The van der Waals surface area contributed by atoms with Gasteiger partial charge >= 0.3 is 0 Å². The van der Waals surface area contributed by atoms with Gasteiger partial charge in [0.05, 0.1) is 12.1 Å². The van der Waals surface area contributed by atoms with E-state index in [4.69, 9.17) is 11.2 Å². The molecule has 2 heteroatoms. The molecule has 0 heterocycles. The monoisotopic (exact) mass is 169 g/mol. The number of hydrogen-bond donors (Lipinski definition) is 1. The van der Waals surface area contributed by atoms with Crippen molar-refractivity contribution in [2.24, 2.45) is 0 Å². The average molecular weight is 169 g/mol. The molecule has 0 radical (unpaired) electrons. The van der Waals surface area contributed by atoms with Crippen LogP contribution in [0.5, 0.6) is 0 Å². The van der Waals surface area contributed by atoms with Crippen molar-refractivity contribution in [3.63, 3.8) is 0 Å². The van der Waals surface area contributed by atoms with Crippen LogP contribution in [0.1, 0.15) is 26.7 Å². The van der Waals surface area contributed by atoms with Crippen LogP contribution < -0.4 is 5.32 Å². The quantitative estimate of drug-likeness (QED) is 0.607. The maximum absolute atomic E-state index is 5.52. The van der Waals surface area contributed by atoms with Crippen molar-refractivity contribution in [1.82, 2.24) is 5.32 Å². The Morgan fingerprint density at radius 3 is 2.50 bits per heavy atom. The van der Waals surface area contributed by atoms with Crippen LogP contribution in [0.15, 0.2) is 0 Å². The van der Waals surface area contributed by atoms with Crippen molar-refractivity contribution in [3.05, 3.63) is 0 Å². The van der Waals surface area contributed by atoms with Crippen molar-refractivity contribution in [2.75, 3.05) is 13.7 Å². The topological polar surface area (TPSA) is 21.3 Å². The largest absolute Gasteiger partial charge is 0.376 e. The van der Waals surface area contributed by atoms with Gasteiger partial charge in [-0.15, -0.1) is 6.42 Å². The maximum atomic E-state index is 5.52. The SMILES string of the molecule is C#CC(NC)C(CCC)OCC. The molecular weight excluding hydrogens is 150 g/mol. The van der Waals surface area contributed by atoms with Crippen molar-refractivity contribution in [1.29, 1.82) is 0 Å². The van der Waals surface area contributed by atoms with E-state index >= 15 is 0 Å². The molecule has 0 aromatic rings. The van der Waals surface area contributed by atoms with Gasteiger partial charge in [0.2, 0.25) is 0 Å². The van der Waals surface area contributed by atoms with Gasteiger partial charge in [-0.25, -0.2) is 0 Å². The third kappa shape index (κ3) is 3.75. The molecule has 0 aliphatic carbocycles. The molecule has 0 aliphatic heterocycles. The highest BCUT2D eigenvalue weighted by atomic mass is 16.5. The highest BCUT2D eigenvalue weighted by Gasteiger charge is 2.16. The zero-order valence-corrected chi connectivity index (χ0v) is 8.26. The fraction of sp³-hybridized carbons (Fsp3) is 0.800. The van der Waals surface area contributed by atoms with E-state index in [9.17, 15) is 0 Å². The maximum Gasteiger partial charge on any atom is 0.0950 e. The summed E-state index contributed by atoms with van der Waals surface area (Å²) >= 11 is 0. The molecule has 0 bridgehead atoms. The number of rotatable bonds is 6. The molecule has 0 rings (SSSR count). The fourth-order valence-corrected chi connectivity index (χ4v) is 1.22. The highest BCUT2D eigenvalue weighted by Crippen LogP contribution is 2.06. The van der Waals surface area contributed by atoms with Gasteiger partial charge in [0.15, 0.2) is 0 Å². The second-order valence-corrected chi connectivity index (χ2v) is 2.72. The molecule has 0 spiro atoms. The summed E-state index contributed by atoms with van der Waals surface area (Å²) in [5.41, 5.74) is 0. The van der Waals surface area contributed by atoms with E-state index in [0.29, 0.717) is 0 Å². The summed E-state index contributed by atoms with van der Waals surface area (Å²) in [4.78, 5) is 0. The van der Waals surface area contributed by atoms with Crippen molar-refractivity contribution in [2.45, 2.75) is 38.8 Å². The van der Waals surface area contributed by atoms with Gasteiger partial charge in [0.1, 0.15) is 0 Å². The molecule has 1 N–H and O–H groups in total. The Balaban J connectivity index is 3.97. The first-order valence-corrected chi connectivity index (χ1v) is 4.55. The Labute approximate surface area is 75.7 Å². The van der Waals surface area contributed by atoms with Crippen LogP contribution in [0, 0.1) is 12.3 Å². The van der Waals surface area contributed by atoms with Gasteiger partial charge in [0, 0.05) is 6.61 Å². The van der Waals surface area contributed by atoms with E-state index in [0.717, 1.165) is 19.4 Å². The molecular formula is C10H19NO. The van der Waals surface area contributed by atoms with Crippen LogP contribution in [0.2, 0.25) is 0 Å². The van der Waals surface area contributed by atoms with Crippen molar-refractivity contribution < 1.29 is 4.74 Å². The van der Waals surface area contributed by atoms with Crippen molar-refractivity contribution >= 4 is 0 Å². The molecule has 12 heavy (non-hydrogen) atoms. The number of hydrogen-bond acceptors (Lipinski definition) is 2. The minimum atomic E-state index is 0.0462. The zero-order valence-electron chi connectivity index (χ0n) is 8.26. The third-order valence-electron chi connectivity index (χ3n) is 1.82. The van der Waals surface area contributed by atoms with Crippen LogP contribution in [0.3, 0.4) is 0 Å². The Hall–Kier alpha value is -0.520. The number of nitrogens with one attached hydrogen (secondary N) is 1. The summed E-state index contributed by atoms with van der Waals surface area (Å²) in [5.74, 6) is 2.69. The highest BCUT2D eigenvalue weighted by molar-refractivity contribution is 5.02. The Morgan fingerprint density at radius 1 is 1.50 bits per heavy atom. The molecule has 0 saturated carbocycles. The lowest BCUT2D eigenvalue weighted by Gasteiger charge is -2.21. The molecule has 2 unspecified atom stereocenters. The molecule has 70 valence electrons. The van der Waals surface area contributed by atoms with Gasteiger partial charge in [-0.2, -0.15) is 0 Å². The van der Waals surface area contributed by atoms with E-state index in [1.807, 2.05) is 14.0 Å². The number of terminal acetylenes is 1. The van der Waals surface area contributed by atoms with E-state index < -0.39 is 0 Å². The van der Waals surface area contributed by atoms with Gasteiger partial charge < -0.3 is 10.1 Å². The lowest BCUT2D eigenvalue weighted by atomic mass is 10.1. The van der Waals surface area contributed by atoms with E-state index in [-0.39, 0.29) is 12.1 Å². The second-order valence-electron chi connectivity index (χ2n) is 2.72. The van der Waals surface area contributed by atoms with Crippen LogP contribution in [-0.2, 0) is 4.74 Å². The minimum absolute atomic E-state index is 0.0462. The summed E-state index contributed by atoms with van der Waals surface area (Å²) in [7, 11) is 1.87. The summed E-state index contributed by atoms with van der Waals surface area (Å²) in [6, 6.07) is 0.0462. The lowest BCUT2D eigenvalue weighted by molar-refractivity contribution is 0.0433. The zero-order chi connectivity index (χ0) is 9.40. The summed E-state index contributed by atoms with van der Waals surface area (Å²) in [6.45, 7) is 4.85. The molecule has 2 atom stereocenters. The first kappa shape index (κ1) is 11.5. The number of ether oxygens (including phenoxy) is 1. The smallest absolute Gasteiger partial charge is 0.0950 e. The Morgan fingerprint density at radius 2 is 2.17 bits per heavy atom. The molecule has 0 aromatic carbocycles. The molecule has 2 nitrogen and oxygen atoms in total. The number of likely N-dealkylation sites (N-methyl/N-ethyl adjacent to an activating group) is 1. The molecule has 0 aliphatic rings. The summed E-state index contributed by atoms with van der Waals surface area (Å²) < 4.78 is 5.52. The van der Waals surface area contributed by atoms with E-state index in [1.54, 1.807) is 0 Å². The van der Waals surface area contributed by atoms with Gasteiger partial charge in [0.25, 0.3) is 0 Å². The van der Waals surface area contributed by atoms with Crippen LogP contribution in [0.4, 0.5) is 0 Å². The van der Waals surface area contributed by atoms with Crippen LogP contribution in [-0.4, -0.2) is 25.8 Å². The van der Waals surface area contributed by atoms with Crippen molar-refractivity contribution in [3.8, 4) is 12.3 Å². The molecule has 0 amide bonds. The fourth-order valence-electron chi connectivity index (χ4n) is 1.22. The lowest BCUT2D eigenvalue weighted by Crippen LogP contribution is -2.38. The summed E-state index contributed by atoms with van der Waals surface area (Å²) in [5, 5.41) is 3.06. The first-order valence-electron chi connectivity index (χ1n) is 4.55. The van der Waals surface area contributed by atoms with Gasteiger partial charge in [-0.1, -0.05) is 19.3 Å².